The maximum Gasteiger partial charge on any atom is 0.417 e. The van der Waals surface area contributed by atoms with Crippen molar-refractivity contribution in [3.05, 3.63) is 29.8 Å². The van der Waals surface area contributed by atoms with Gasteiger partial charge < -0.3 is 9.84 Å². The van der Waals surface area contributed by atoms with Gasteiger partial charge in [-0.15, -0.1) is 16.7 Å². The van der Waals surface area contributed by atoms with E-state index in [1.54, 1.807) is 18.6 Å². The number of carboxylic acid groups (broad SMARTS) is 1. The van der Waals surface area contributed by atoms with E-state index in [0.717, 1.165) is 43.9 Å². The Bertz CT molecular complexity index is 1030. The van der Waals surface area contributed by atoms with Gasteiger partial charge in [0.15, 0.2) is 5.78 Å². The van der Waals surface area contributed by atoms with Gasteiger partial charge in [-0.2, -0.15) is 4.68 Å². The molecule has 0 fully saturated rings. The molecule has 0 aliphatic heterocycles. The molecule has 0 spiro atoms. The number of aromatic nitrogens is 4. The number of carbonyl (C=O) groups excluding carboxylic acids is 2. The van der Waals surface area contributed by atoms with Crippen molar-refractivity contribution in [1.82, 2.24) is 20.2 Å². The van der Waals surface area contributed by atoms with Gasteiger partial charge in [-0.05, 0) is 54.3 Å². The number of tetrazole rings is 1. The number of unbranched alkanes of at least 4 members (excludes halogenated alkanes) is 4. The summed E-state index contributed by atoms with van der Waals surface area (Å²) in [5.74, 6) is -1.13. The maximum atomic E-state index is 13.4. The summed E-state index contributed by atoms with van der Waals surface area (Å²) in [6.07, 6.45) is 6.89. The number of aromatic carboxylic acids is 1. The highest BCUT2D eigenvalue weighted by Crippen LogP contribution is 2.35. The highest BCUT2D eigenvalue weighted by molar-refractivity contribution is 8.00. The fourth-order valence-electron chi connectivity index (χ4n) is 3.82. The van der Waals surface area contributed by atoms with E-state index in [4.69, 9.17) is 16.3 Å². The first-order chi connectivity index (χ1) is 17.6. The van der Waals surface area contributed by atoms with Crippen molar-refractivity contribution < 1.29 is 24.2 Å². The minimum atomic E-state index is -1.07. The number of Topliss-reactive ketones (excluding diaryl/α,β-unsaturated/α-hetero) is 1. The Balaban J connectivity index is 2.18. The zero-order chi connectivity index (χ0) is 27.4. The molecular weight excluding hydrogens is 516 g/mol. The maximum absolute atomic E-state index is 13.4. The predicted octanol–water partition coefficient (Wildman–Crippen LogP) is 5.64. The summed E-state index contributed by atoms with van der Waals surface area (Å²) in [6.45, 7) is 9.20. The molecule has 2 aromatic rings. The second-order valence-corrected chi connectivity index (χ2v) is 11.7. The molecule has 0 saturated carbocycles. The second kappa shape index (κ2) is 15.1. The molecule has 2 rings (SSSR count). The molecule has 9 nitrogen and oxygen atoms in total. The standard InChI is InChI=1S/C26H36ClN4O5S/c1-5-6-7-8-9-13-20(36-17-32)14-15-21(27)22(23(33)26(2,3)4)37-25-28-29-30-31(25)19-12-10-11-18(16-19)24(34)35/h10-12,16,20-22H,5-9,13-15H2,1-4H3,(H,34,35). The van der Waals surface area contributed by atoms with E-state index in [1.165, 1.54) is 23.2 Å². The minimum absolute atomic E-state index is 0.0645. The number of thioether (sulfide) groups is 1. The van der Waals surface area contributed by atoms with E-state index in [1.807, 2.05) is 20.8 Å². The van der Waals surface area contributed by atoms with Gasteiger partial charge in [0.25, 0.3) is 0 Å². The Labute approximate surface area is 227 Å². The van der Waals surface area contributed by atoms with Gasteiger partial charge in [-0.1, -0.05) is 71.2 Å². The van der Waals surface area contributed by atoms with Crippen molar-refractivity contribution in [2.24, 2.45) is 5.41 Å². The van der Waals surface area contributed by atoms with Gasteiger partial charge in [0.2, 0.25) is 5.16 Å². The molecule has 37 heavy (non-hydrogen) atoms. The lowest BCUT2D eigenvalue weighted by Crippen LogP contribution is -2.37. The number of halogens is 1. The molecule has 0 saturated heterocycles. The van der Waals surface area contributed by atoms with Crippen LogP contribution in [0, 0.1) is 5.41 Å². The van der Waals surface area contributed by atoms with Crippen LogP contribution >= 0.6 is 23.4 Å². The van der Waals surface area contributed by atoms with Crippen molar-refractivity contribution >= 4 is 41.6 Å². The highest BCUT2D eigenvalue weighted by Gasteiger charge is 2.37. The van der Waals surface area contributed by atoms with Crippen LogP contribution in [0.3, 0.4) is 0 Å². The van der Waals surface area contributed by atoms with E-state index >= 15 is 0 Å². The number of ketones is 1. The number of ether oxygens (including phenoxy) is 1. The SMILES string of the molecule is CCCCCCCC(CCC(Cl)C(Sc1nnnn1-c1cccc(C(=O)O)c1)C(=O)C(C)(C)C)O[C]=O. The van der Waals surface area contributed by atoms with Crippen molar-refractivity contribution in [3.8, 4) is 5.69 Å². The molecule has 0 bridgehead atoms. The molecule has 0 amide bonds. The smallest absolute Gasteiger partial charge is 0.417 e. The number of alkyl halides is 1. The molecule has 1 radical (unpaired) electrons. The number of carboxylic acids is 1. The molecule has 3 unspecified atom stereocenters. The average molecular weight is 552 g/mol. The van der Waals surface area contributed by atoms with Crippen molar-refractivity contribution in [2.75, 3.05) is 0 Å². The largest absolute Gasteiger partial charge is 0.478 e. The number of nitrogens with zero attached hydrogens (tertiary/aromatic N) is 4. The number of benzene rings is 1. The minimum Gasteiger partial charge on any atom is -0.478 e. The zero-order valence-electron chi connectivity index (χ0n) is 21.9. The van der Waals surface area contributed by atoms with Gasteiger partial charge in [0, 0.05) is 5.41 Å². The molecule has 203 valence electrons. The number of hydrogen-bond donors (Lipinski definition) is 1. The van der Waals surface area contributed by atoms with Crippen LogP contribution in [-0.2, 0) is 14.3 Å². The van der Waals surface area contributed by atoms with Gasteiger partial charge in [0.05, 0.1) is 21.9 Å². The molecule has 1 heterocycles. The fraction of sp³-hybridized carbons (Fsp3) is 0.615. The third-order valence-corrected chi connectivity index (χ3v) is 7.83. The van der Waals surface area contributed by atoms with E-state index in [9.17, 15) is 19.5 Å². The van der Waals surface area contributed by atoms with Crippen LogP contribution in [0.25, 0.3) is 5.69 Å². The first kappa shape index (κ1) is 30.8. The lowest BCUT2D eigenvalue weighted by molar-refractivity contribution is -0.125. The van der Waals surface area contributed by atoms with E-state index in [0.29, 0.717) is 23.7 Å². The Morgan fingerprint density at radius 1 is 1.16 bits per heavy atom. The number of hydrogen-bond acceptors (Lipinski definition) is 8. The van der Waals surface area contributed by atoms with Crippen LogP contribution in [0.4, 0.5) is 0 Å². The third-order valence-electron chi connectivity index (χ3n) is 5.95. The Kier molecular flexibility index (Phi) is 12.5. The van der Waals surface area contributed by atoms with Gasteiger partial charge in [-0.25, -0.2) is 9.59 Å². The molecule has 1 N–H and O–H groups in total. The van der Waals surface area contributed by atoms with Crippen LogP contribution in [0.1, 0.15) is 89.4 Å². The Hall–Kier alpha value is -2.46. The molecular formula is C26H36ClN4O5S. The summed E-state index contributed by atoms with van der Waals surface area (Å²) >= 11 is 7.97. The van der Waals surface area contributed by atoms with Crippen molar-refractivity contribution in [2.45, 2.75) is 101 Å². The van der Waals surface area contributed by atoms with Crippen LogP contribution in [0.5, 0.6) is 0 Å². The van der Waals surface area contributed by atoms with Crippen molar-refractivity contribution in [3.63, 3.8) is 0 Å². The third kappa shape index (κ3) is 9.74. The van der Waals surface area contributed by atoms with Crippen LogP contribution in [-0.4, -0.2) is 60.3 Å². The van der Waals surface area contributed by atoms with E-state index in [-0.39, 0.29) is 17.5 Å². The lowest BCUT2D eigenvalue weighted by Gasteiger charge is -2.27. The van der Waals surface area contributed by atoms with Crippen molar-refractivity contribution in [1.29, 1.82) is 0 Å². The van der Waals surface area contributed by atoms with Crippen LogP contribution < -0.4 is 0 Å². The summed E-state index contributed by atoms with van der Waals surface area (Å²) in [5.41, 5.74) is -0.120. The summed E-state index contributed by atoms with van der Waals surface area (Å²) < 4.78 is 6.58. The van der Waals surface area contributed by atoms with Crippen LogP contribution in [0.15, 0.2) is 29.4 Å². The average Bonchev–Trinajstić information content (AvgIpc) is 3.32. The molecule has 0 aliphatic rings. The van der Waals surface area contributed by atoms with Crippen LogP contribution in [0.2, 0.25) is 0 Å². The van der Waals surface area contributed by atoms with Gasteiger partial charge in [-0.3, -0.25) is 4.79 Å². The first-order valence-electron chi connectivity index (χ1n) is 12.6. The zero-order valence-corrected chi connectivity index (χ0v) is 23.4. The summed E-state index contributed by atoms with van der Waals surface area (Å²) in [7, 11) is 0. The molecule has 1 aromatic heterocycles. The highest BCUT2D eigenvalue weighted by atomic mass is 35.5. The summed E-state index contributed by atoms with van der Waals surface area (Å²) in [6, 6.07) is 6.22. The predicted molar refractivity (Wildman–Crippen MR) is 143 cm³/mol. The second-order valence-electron chi connectivity index (χ2n) is 10.0. The molecule has 11 heteroatoms. The normalized spacial score (nSPS) is 14.1. The molecule has 0 aliphatic carbocycles. The monoisotopic (exact) mass is 551 g/mol. The Morgan fingerprint density at radius 2 is 1.89 bits per heavy atom. The number of rotatable bonds is 17. The van der Waals surface area contributed by atoms with E-state index < -0.39 is 22.0 Å². The quantitative estimate of drug-likeness (QED) is 0.151. The fourth-order valence-corrected chi connectivity index (χ4v) is 5.51. The Morgan fingerprint density at radius 3 is 2.54 bits per heavy atom. The summed E-state index contributed by atoms with van der Waals surface area (Å²) in [4.78, 5) is 35.7. The molecule has 1 aromatic carbocycles. The molecule has 3 atom stereocenters. The lowest BCUT2D eigenvalue weighted by atomic mass is 9.87. The first-order valence-corrected chi connectivity index (χ1v) is 13.9. The number of carbonyl (C=O) groups is 2. The summed E-state index contributed by atoms with van der Waals surface area (Å²) in [5, 5.41) is 20.2. The van der Waals surface area contributed by atoms with E-state index in [2.05, 4.69) is 22.4 Å². The topological polar surface area (TPSA) is 124 Å². The van der Waals surface area contributed by atoms with Gasteiger partial charge in [0.1, 0.15) is 6.10 Å². The van der Waals surface area contributed by atoms with Gasteiger partial charge >= 0.3 is 12.4 Å².